The third kappa shape index (κ3) is 5.97. The van der Waals surface area contributed by atoms with Gasteiger partial charge >= 0.3 is 0 Å². The molecule has 0 radical (unpaired) electrons. The van der Waals surface area contributed by atoms with E-state index in [9.17, 15) is 71.2 Å². The Labute approximate surface area is 261 Å². The number of carbonyl (C=O) groups is 1. The number of aliphatic hydroxyl groups excluding tert-OH is 12. The predicted octanol–water partition coefficient (Wildman–Crippen LogP) is -8.77. The Kier molecular flexibility index (Phi) is 11.4. The minimum Gasteiger partial charge on any atom is -0.394 e. The highest BCUT2D eigenvalue weighted by molar-refractivity contribution is 5.74. The molecule has 20 atom stereocenters. The van der Waals surface area contributed by atoms with Crippen molar-refractivity contribution in [3.05, 3.63) is 0 Å². The second-order valence-corrected chi connectivity index (χ2v) is 12.3. The largest absolute Gasteiger partial charge is 0.394 e. The topological polar surface area (TPSA) is 338 Å². The molecule has 0 aromatic carbocycles. The summed E-state index contributed by atoms with van der Waals surface area (Å²) >= 11 is 0. The molecular weight excluding hydrogens is 630 g/mol. The number of hydrogen-bond donors (Lipinski definition) is 14. The molecule has 4 rings (SSSR count). The van der Waals surface area contributed by atoms with Crippen molar-refractivity contribution >= 4 is 5.91 Å². The van der Waals surface area contributed by atoms with E-state index in [1.807, 2.05) is 0 Å². The number of nitrogens with one attached hydrogen (secondary N) is 1. The molecule has 4 aliphatic rings. The van der Waals surface area contributed by atoms with Gasteiger partial charge in [0, 0.05) is 6.92 Å². The Balaban J connectivity index is 1.74. The SMILES string of the molecule is CC(=O)N[C@@]1(C2O[C@@H](C)[C@@H](O)[C@@H](O)[C@@H]2O)C(O)O[C@H](CO)[C@@H](O[C@@H]2O[C@H](CO)[C@H](O)[C@@](O)(C3O[C@@H](C)[C@@H](O)[C@@H](O)[C@@H]3O)[C@H]2O)[C@@H]1O. The van der Waals surface area contributed by atoms with Crippen LogP contribution in [0.3, 0.4) is 0 Å². The van der Waals surface area contributed by atoms with Gasteiger partial charge in [0.2, 0.25) is 5.91 Å². The van der Waals surface area contributed by atoms with E-state index in [1.54, 1.807) is 0 Å². The minimum atomic E-state index is -3.02. The van der Waals surface area contributed by atoms with Crippen LogP contribution in [0.2, 0.25) is 0 Å². The minimum absolute atomic E-state index is 0.933. The van der Waals surface area contributed by atoms with Crippen molar-refractivity contribution in [3.8, 4) is 0 Å². The summed E-state index contributed by atoms with van der Waals surface area (Å²) in [6.45, 7) is 1.46. The highest BCUT2D eigenvalue weighted by Crippen LogP contribution is 2.43. The molecule has 4 saturated heterocycles. The van der Waals surface area contributed by atoms with E-state index >= 15 is 0 Å². The first-order valence-electron chi connectivity index (χ1n) is 14.7. The monoisotopic (exact) mass is 675 g/mol. The summed E-state index contributed by atoms with van der Waals surface area (Å²) in [4.78, 5) is 12.4. The van der Waals surface area contributed by atoms with Crippen LogP contribution in [0.1, 0.15) is 20.8 Å². The van der Waals surface area contributed by atoms with Gasteiger partial charge in [-0.15, -0.1) is 0 Å². The van der Waals surface area contributed by atoms with E-state index in [1.165, 1.54) is 13.8 Å². The molecule has 4 heterocycles. The van der Waals surface area contributed by atoms with E-state index in [0.717, 1.165) is 6.92 Å². The maximum Gasteiger partial charge on any atom is 0.217 e. The van der Waals surface area contributed by atoms with Crippen LogP contribution in [-0.4, -0.2) is 207 Å². The molecule has 3 unspecified atom stereocenters. The van der Waals surface area contributed by atoms with Crippen molar-refractivity contribution in [1.82, 2.24) is 5.32 Å². The lowest BCUT2D eigenvalue weighted by molar-refractivity contribution is -0.397. The van der Waals surface area contributed by atoms with Crippen LogP contribution in [0.25, 0.3) is 0 Å². The molecule has 0 aromatic heterocycles. The summed E-state index contributed by atoms with van der Waals surface area (Å²) < 4.78 is 27.8. The van der Waals surface area contributed by atoms with Crippen molar-refractivity contribution < 1.29 is 94.9 Å². The molecule has 0 saturated carbocycles. The van der Waals surface area contributed by atoms with Crippen molar-refractivity contribution in [2.75, 3.05) is 13.2 Å². The number of carbonyl (C=O) groups excluding carboxylic acids is 1. The lowest BCUT2D eigenvalue weighted by Crippen LogP contribution is -2.82. The van der Waals surface area contributed by atoms with Crippen molar-refractivity contribution in [2.24, 2.45) is 0 Å². The average Bonchev–Trinajstić information content (AvgIpc) is 3.01. The van der Waals surface area contributed by atoms with Gasteiger partial charge in [-0.25, -0.2) is 0 Å². The van der Waals surface area contributed by atoms with Gasteiger partial charge in [0.05, 0.1) is 25.4 Å². The summed E-state index contributed by atoms with van der Waals surface area (Å²) in [7, 11) is 0. The van der Waals surface area contributed by atoms with Crippen molar-refractivity contribution in [1.29, 1.82) is 0 Å². The fraction of sp³-hybridized carbons (Fsp3) is 0.962. The Morgan fingerprint density at radius 1 is 0.674 bits per heavy atom. The van der Waals surface area contributed by atoms with Crippen LogP contribution in [-0.2, 0) is 28.5 Å². The van der Waals surface area contributed by atoms with Gasteiger partial charge in [0.1, 0.15) is 91.0 Å². The van der Waals surface area contributed by atoms with Gasteiger partial charge < -0.3 is 95.4 Å². The Morgan fingerprint density at radius 3 is 1.67 bits per heavy atom. The number of hydrogen-bond acceptors (Lipinski definition) is 19. The standard InChI is InChI=1S/C26H45NO19/c1-6-11(31)13(33)15(35)21(42-6)25(27-8(3)30)19(38)17(9(4-28)45-24(25)40)46-23-20(39)26(41,18(37)10(5-29)44-23)22-16(36)14(34)12(32)7(2)43-22/h6-7,9-24,28-29,31-41H,4-5H2,1-3H3,(H,27,30)/t6-,7-,9+,10+,11+,12+,13+,14+,15-,16-,17+,18-,19-,20-,21?,22?,23-,24?,25-,26-/m0/s1. The summed E-state index contributed by atoms with van der Waals surface area (Å²) in [5, 5.41) is 142. The molecule has 4 fully saturated rings. The molecular formula is C26H45NO19. The van der Waals surface area contributed by atoms with E-state index in [0.29, 0.717) is 0 Å². The van der Waals surface area contributed by atoms with E-state index < -0.39 is 141 Å². The van der Waals surface area contributed by atoms with Gasteiger partial charge in [-0.2, -0.15) is 0 Å². The number of ether oxygens (including phenoxy) is 5. The molecule has 1 amide bonds. The third-order valence-electron chi connectivity index (χ3n) is 9.42. The first kappa shape index (κ1) is 37.6. The molecule has 0 aliphatic carbocycles. The Bertz CT molecular complexity index is 1060. The molecule has 20 nitrogen and oxygen atoms in total. The molecule has 268 valence electrons. The molecule has 0 bridgehead atoms. The molecule has 0 aromatic rings. The summed E-state index contributed by atoms with van der Waals surface area (Å²) in [5.41, 5.74) is -5.64. The lowest BCUT2D eigenvalue weighted by Gasteiger charge is -2.58. The first-order valence-corrected chi connectivity index (χ1v) is 14.7. The van der Waals surface area contributed by atoms with Crippen LogP contribution in [0.15, 0.2) is 0 Å². The van der Waals surface area contributed by atoms with Crippen LogP contribution in [0.5, 0.6) is 0 Å². The smallest absolute Gasteiger partial charge is 0.217 e. The second-order valence-electron chi connectivity index (χ2n) is 12.3. The number of amides is 1. The summed E-state index contributed by atoms with van der Waals surface area (Å²) in [6, 6.07) is 0. The molecule has 4 aliphatic heterocycles. The third-order valence-corrected chi connectivity index (χ3v) is 9.42. The van der Waals surface area contributed by atoms with Gasteiger partial charge in [-0.3, -0.25) is 4.79 Å². The number of rotatable bonds is 7. The summed E-state index contributed by atoms with van der Waals surface area (Å²) in [5.74, 6) is -0.933. The zero-order chi connectivity index (χ0) is 34.6. The maximum atomic E-state index is 12.4. The normalized spacial score (nSPS) is 55.1. The lowest BCUT2D eigenvalue weighted by atomic mass is 9.73. The zero-order valence-corrected chi connectivity index (χ0v) is 25.1. The van der Waals surface area contributed by atoms with Gasteiger partial charge in [-0.05, 0) is 13.8 Å². The highest BCUT2D eigenvalue weighted by atomic mass is 16.7. The molecule has 46 heavy (non-hydrogen) atoms. The predicted molar refractivity (Wildman–Crippen MR) is 143 cm³/mol. The Hall–Kier alpha value is -1.25. The van der Waals surface area contributed by atoms with Gasteiger partial charge in [0.15, 0.2) is 18.2 Å². The fourth-order valence-electron chi connectivity index (χ4n) is 6.74. The maximum absolute atomic E-state index is 12.4. The van der Waals surface area contributed by atoms with Gasteiger partial charge in [0.25, 0.3) is 0 Å². The van der Waals surface area contributed by atoms with Crippen molar-refractivity contribution in [3.63, 3.8) is 0 Å². The zero-order valence-electron chi connectivity index (χ0n) is 25.1. The molecule has 0 spiro atoms. The van der Waals surface area contributed by atoms with Crippen molar-refractivity contribution in [2.45, 2.75) is 142 Å². The van der Waals surface area contributed by atoms with E-state index in [-0.39, 0.29) is 0 Å². The van der Waals surface area contributed by atoms with Crippen LogP contribution in [0.4, 0.5) is 0 Å². The molecule has 14 N–H and O–H groups in total. The highest BCUT2D eigenvalue weighted by Gasteiger charge is 2.68. The Morgan fingerprint density at radius 2 is 1.17 bits per heavy atom. The van der Waals surface area contributed by atoms with Gasteiger partial charge in [-0.1, -0.05) is 0 Å². The van der Waals surface area contributed by atoms with E-state index in [2.05, 4.69) is 5.32 Å². The van der Waals surface area contributed by atoms with E-state index in [4.69, 9.17) is 23.7 Å². The second kappa shape index (κ2) is 13.9. The van der Waals surface area contributed by atoms with Crippen LogP contribution < -0.4 is 5.32 Å². The quantitative estimate of drug-likeness (QED) is 0.119. The summed E-state index contributed by atoms with van der Waals surface area (Å²) in [6.07, 6.45) is -34.8. The molecule has 20 heteroatoms. The average molecular weight is 676 g/mol. The number of aliphatic hydroxyl groups is 13. The van der Waals surface area contributed by atoms with Crippen LogP contribution in [0, 0.1) is 0 Å². The fourth-order valence-corrected chi connectivity index (χ4v) is 6.74. The van der Waals surface area contributed by atoms with Crippen LogP contribution >= 0.6 is 0 Å². The first-order chi connectivity index (χ1) is 21.4.